The summed E-state index contributed by atoms with van der Waals surface area (Å²) in [5.41, 5.74) is 2.86. The summed E-state index contributed by atoms with van der Waals surface area (Å²) in [4.78, 5) is 14.6. The van der Waals surface area contributed by atoms with Gasteiger partial charge in [-0.15, -0.1) is 0 Å². The van der Waals surface area contributed by atoms with Crippen LogP contribution in [0.1, 0.15) is 22.8 Å². The summed E-state index contributed by atoms with van der Waals surface area (Å²) in [6, 6.07) is 15.5. The van der Waals surface area contributed by atoms with Crippen LogP contribution in [0.4, 0.5) is 5.69 Å². The third-order valence-electron chi connectivity index (χ3n) is 4.15. The normalized spacial score (nSPS) is 14.7. The van der Waals surface area contributed by atoms with Crippen LogP contribution in [0, 0.1) is 0 Å². The fourth-order valence-electron chi connectivity index (χ4n) is 2.77. The number of ketones is 1. The van der Waals surface area contributed by atoms with E-state index >= 15 is 0 Å². The minimum absolute atomic E-state index is 0.0136. The molecule has 0 radical (unpaired) electrons. The van der Waals surface area contributed by atoms with E-state index in [0.29, 0.717) is 12.2 Å². The van der Waals surface area contributed by atoms with Crippen molar-refractivity contribution >= 4 is 17.5 Å². The number of ether oxygens (including phenoxy) is 2. The Hall–Kier alpha value is -2.59. The smallest absolute Gasteiger partial charge is 0.185 e. The first-order valence-corrected chi connectivity index (χ1v) is 8.64. The molecule has 0 aliphatic carbocycles. The van der Waals surface area contributed by atoms with Gasteiger partial charge in [-0.1, -0.05) is 18.2 Å². The van der Waals surface area contributed by atoms with E-state index in [1.54, 1.807) is 18.2 Å². The molecular weight excluding hydrogens is 314 g/mol. The Morgan fingerprint density at radius 1 is 1.08 bits per heavy atom. The van der Waals surface area contributed by atoms with Gasteiger partial charge in [-0.3, -0.25) is 4.79 Å². The van der Waals surface area contributed by atoms with Crippen molar-refractivity contribution in [1.29, 1.82) is 0 Å². The molecule has 0 atom stereocenters. The molecule has 1 fully saturated rings. The van der Waals surface area contributed by atoms with Gasteiger partial charge >= 0.3 is 0 Å². The van der Waals surface area contributed by atoms with Crippen molar-refractivity contribution in [3.8, 4) is 5.75 Å². The van der Waals surface area contributed by atoms with Crippen LogP contribution in [0.5, 0.6) is 5.75 Å². The molecule has 0 amide bonds. The van der Waals surface area contributed by atoms with Gasteiger partial charge in [-0.2, -0.15) is 0 Å². The molecule has 0 saturated carbocycles. The van der Waals surface area contributed by atoms with E-state index in [4.69, 9.17) is 9.47 Å². The highest BCUT2D eigenvalue weighted by Gasteiger charge is 2.10. The van der Waals surface area contributed by atoms with Crippen LogP contribution in [0.25, 0.3) is 6.08 Å². The van der Waals surface area contributed by atoms with Crippen LogP contribution in [-0.2, 0) is 4.74 Å². The molecule has 3 rings (SSSR count). The van der Waals surface area contributed by atoms with Gasteiger partial charge in [0.15, 0.2) is 5.78 Å². The monoisotopic (exact) mass is 337 g/mol. The third kappa shape index (κ3) is 4.70. The van der Waals surface area contributed by atoms with Crippen molar-refractivity contribution < 1.29 is 14.3 Å². The van der Waals surface area contributed by atoms with Gasteiger partial charge in [0, 0.05) is 24.3 Å². The third-order valence-corrected chi connectivity index (χ3v) is 4.15. The number of carbonyl (C=O) groups excluding carboxylic acids is 1. The average molecular weight is 337 g/mol. The summed E-state index contributed by atoms with van der Waals surface area (Å²) in [5.74, 6) is 0.766. The summed E-state index contributed by atoms with van der Waals surface area (Å²) >= 11 is 0. The fraction of sp³-hybridized carbons (Fsp3) is 0.286. The zero-order valence-electron chi connectivity index (χ0n) is 14.5. The van der Waals surface area contributed by atoms with Gasteiger partial charge in [0.25, 0.3) is 0 Å². The van der Waals surface area contributed by atoms with E-state index in [2.05, 4.69) is 17.0 Å². The van der Waals surface area contributed by atoms with Gasteiger partial charge in [-0.05, 0) is 55.0 Å². The molecule has 0 spiro atoms. The second kappa shape index (κ2) is 8.49. The zero-order chi connectivity index (χ0) is 17.5. The lowest BCUT2D eigenvalue weighted by molar-refractivity contribution is 0.104. The van der Waals surface area contributed by atoms with Crippen molar-refractivity contribution in [2.75, 3.05) is 37.8 Å². The summed E-state index contributed by atoms with van der Waals surface area (Å²) in [6.07, 6.45) is 3.46. The van der Waals surface area contributed by atoms with Gasteiger partial charge in [0.1, 0.15) is 5.75 Å². The Bertz CT molecular complexity index is 714. The van der Waals surface area contributed by atoms with Crippen molar-refractivity contribution in [2.45, 2.75) is 6.92 Å². The molecule has 2 aromatic rings. The fourth-order valence-corrected chi connectivity index (χ4v) is 2.77. The van der Waals surface area contributed by atoms with E-state index in [-0.39, 0.29) is 5.78 Å². The van der Waals surface area contributed by atoms with Crippen LogP contribution in [0.2, 0.25) is 0 Å². The van der Waals surface area contributed by atoms with Crippen LogP contribution >= 0.6 is 0 Å². The molecule has 4 nitrogen and oxygen atoms in total. The molecule has 2 aromatic carbocycles. The Morgan fingerprint density at radius 3 is 2.40 bits per heavy atom. The van der Waals surface area contributed by atoms with Crippen LogP contribution < -0.4 is 9.64 Å². The zero-order valence-corrected chi connectivity index (χ0v) is 14.5. The number of anilines is 1. The van der Waals surface area contributed by atoms with Crippen LogP contribution in [0.15, 0.2) is 54.6 Å². The topological polar surface area (TPSA) is 38.8 Å². The number of nitrogens with zero attached hydrogens (tertiary/aromatic N) is 1. The van der Waals surface area contributed by atoms with Crippen molar-refractivity contribution in [1.82, 2.24) is 0 Å². The summed E-state index contributed by atoms with van der Waals surface area (Å²) in [5, 5.41) is 0. The molecule has 0 unspecified atom stereocenters. The summed E-state index contributed by atoms with van der Waals surface area (Å²) in [6.45, 7) is 5.95. The number of benzene rings is 2. The molecule has 1 heterocycles. The Labute approximate surface area is 148 Å². The van der Waals surface area contributed by atoms with E-state index in [1.807, 2.05) is 37.3 Å². The number of hydrogen-bond donors (Lipinski definition) is 0. The maximum Gasteiger partial charge on any atom is 0.185 e. The molecular formula is C21H23NO3. The van der Waals surface area contributed by atoms with E-state index in [1.165, 1.54) is 5.69 Å². The van der Waals surface area contributed by atoms with E-state index in [9.17, 15) is 4.79 Å². The lowest BCUT2D eigenvalue weighted by Crippen LogP contribution is -2.36. The molecule has 1 saturated heterocycles. The minimum atomic E-state index is -0.0136. The van der Waals surface area contributed by atoms with Crippen LogP contribution in [0.3, 0.4) is 0 Å². The van der Waals surface area contributed by atoms with Gasteiger partial charge in [-0.25, -0.2) is 0 Å². The number of carbonyl (C=O) groups is 1. The molecule has 0 aromatic heterocycles. The van der Waals surface area contributed by atoms with Crippen molar-refractivity contribution in [3.05, 3.63) is 65.7 Å². The predicted octanol–water partition coefficient (Wildman–Crippen LogP) is 3.82. The number of rotatable bonds is 6. The van der Waals surface area contributed by atoms with Gasteiger partial charge < -0.3 is 14.4 Å². The molecule has 130 valence electrons. The second-order valence-corrected chi connectivity index (χ2v) is 5.85. The maximum atomic E-state index is 12.3. The number of morpholine rings is 1. The van der Waals surface area contributed by atoms with E-state index < -0.39 is 0 Å². The highest BCUT2D eigenvalue weighted by Crippen LogP contribution is 2.18. The highest BCUT2D eigenvalue weighted by atomic mass is 16.5. The van der Waals surface area contributed by atoms with Gasteiger partial charge in [0.05, 0.1) is 19.8 Å². The Balaban J connectivity index is 1.61. The lowest BCUT2D eigenvalue weighted by Gasteiger charge is -2.28. The summed E-state index contributed by atoms with van der Waals surface area (Å²) < 4.78 is 10.8. The van der Waals surface area contributed by atoms with Crippen LogP contribution in [-0.4, -0.2) is 38.7 Å². The van der Waals surface area contributed by atoms with Crippen molar-refractivity contribution in [3.63, 3.8) is 0 Å². The summed E-state index contributed by atoms with van der Waals surface area (Å²) in [7, 11) is 0. The Kier molecular flexibility index (Phi) is 5.86. The molecule has 1 aliphatic rings. The molecule has 0 bridgehead atoms. The molecule has 0 N–H and O–H groups in total. The largest absolute Gasteiger partial charge is 0.494 e. The van der Waals surface area contributed by atoms with E-state index in [0.717, 1.165) is 37.6 Å². The second-order valence-electron chi connectivity index (χ2n) is 5.85. The minimum Gasteiger partial charge on any atom is -0.494 e. The number of hydrogen-bond acceptors (Lipinski definition) is 4. The lowest BCUT2D eigenvalue weighted by atomic mass is 10.1. The van der Waals surface area contributed by atoms with Crippen molar-refractivity contribution in [2.24, 2.45) is 0 Å². The maximum absolute atomic E-state index is 12.3. The number of allylic oxidation sites excluding steroid dienone is 1. The van der Waals surface area contributed by atoms with Gasteiger partial charge in [0.2, 0.25) is 0 Å². The Morgan fingerprint density at radius 2 is 1.76 bits per heavy atom. The first-order valence-electron chi connectivity index (χ1n) is 8.64. The predicted molar refractivity (Wildman–Crippen MR) is 100 cm³/mol. The quantitative estimate of drug-likeness (QED) is 0.593. The first-order chi connectivity index (χ1) is 12.3. The average Bonchev–Trinajstić information content (AvgIpc) is 2.68. The first kappa shape index (κ1) is 17.2. The standard InChI is InChI=1S/C21H23NO3/c1-2-25-20-10-6-18(7-11-20)21(23)12-5-17-3-8-19(9-4-17)22-13-15-24-16-14-22/h3-12H,2,13-16H2,1H3/b12-5+. The molecule has 25 heavy (non-hydrogen) atoms. The molecule has 4 heteroatoms. The molecule has 1 aliphatic heterocycles. The highest BCUT2D eigenvalue weighted by molar-refractivity contribution is 6.06. The SMILES string of the molecule is CCOc1ccc(C(=O)/C=C/c2ccc(N3CCOCC3)cc2)cc1.